The van der Waals surface area contributed by atoms with Crippen molar-refractivity contribution in [2.75, 3.05) is 25.1 Å². The summed E-state index contributed by atoms with van der Waals surface area (Å²) in [6.45, 7) is 3.10. The monoisotopic (exact) mass is 266 g/mol. The van der Waals surface area contributed by atoms with E-state index in [-0.39, 0.29) is 12.5 Å². The molecule has 4 nitrogen and oxygen atoms in total. The number of hydrogen-bond donors (Lipinski definition) is 1. The number of rotatable bonds is 6. The lowest BCUT2D eigenvalue weighted by atomic mass is 10.2. The van der Waals surface area contributed by atoms with Gasteiger partial charge in [0.15, 0.2) is 0 Å². The van der Waals surface area contributed by atoms with E-state index in [1.807, 2.05) is 29.2 Å². The summed E-state index contributed by atoms with van der Waals surface area (Å²) >= 11 is 4.90. The molecule has 0 saturated heterocycles. The van der Waals surface area contributed by atoms with Crippen molar-refractivity contribution in [3.8, 4) is 0 Å². The molecule has 2 N–H and O–H groups in total. The van der Waals surface area contributed by atoms with Crippen LogP contribution in [0, 0.1) is 0 Å². The quantitative estimate of drug-likeness (QED) is 0.627. The largest absolute Gasteiger partial charge is 0.468 e. The maximum Gasteiger partial charge on any atom is 0.325 e. The standard InChI is InChI=1S/C13H18N2O2S/c1-3-8-15(9-12(16)17-2)11-6-4-10(5-7-11)13(14)18/h4-7H,3,8-9H2,1-2H3,(H2,14,18). The number of thiocarbonyl (C=S) groups is 1. The Morgan fingerprint density at radius 1 is 1.39 bits per heavy atom. The lowest BCUT2D eigenvalue weighted by molar-refractivity contribution is -0.138. The second-order valence-corrected chi connectivity index (χ2v) is 4.35. The molecule has 1 rings (SSSR count). The second-order valence-electron chi connectivity index (χ2n) is 3.91. The highest BCUT2D eigenvalue weighted by Crippen LogP contribution is 2.15. The molecule has 0 amide bonds. The topological polar surface area (TPSA) is 55.6 Å². The van der Waals surface area contributed by atoms with Gasteiger partial charge in [-0.05, 0) is 30.7 Å². The van der Waals surface area contributed by atoms with Crippen molar-refractivity contribution >= 4 is 28.9 Å². The number of ether oxygens (including phenoxy) is 1. The Balaban J connectivity index is 2.84. The minimum Gasteiger partial charge on any atom is -0.468 e. The Kier molecular flexibility index (Phi) is 5.58. The SMILES string of the molecule is CCCN(CC(=O)OC)c1ccc(C(N)=S)cc1. The minimum atomic E-state index is -0.248. The van der Waals surface area contributed by atoms with Gasteiger partial charge < -0.3 is 15.4 Å². The number of anilines is 1. The maximum atomic E-state index is 11.3. The van der Waals surface area contributed by atoms with E-state index in [1.54, 1.807) is 0 Å². The summed E-state index contributed by atoms with van der Waals surface area (Å²) in [6.07, 6.45) is 0.952. The summed E-state index contributed by atoms with van der Waals surface area (Å²) in [6, 6.07) is 7.54. The Morgan fingerprint density at radius 3 is 2.44 bits per heavy atom. The first-order chi connectivity index (χ1) is 8.58. The number of hydrogen-bond acceptors (Lipinski definition) is 4. The van der Waals surface area contributed by atoms with Gasteiger partial charge in [-0.15, -0.1) is 0 Å². The average molecular weight is 266 g/mol. The van der Waals surface area contributed by atoms with Crippen LogP contribution >= 0.6 is 12.2 Å². The van der Waals surface area contributed by atoms with Crippen molar-refractivity contribution in [1.29, 1.82) is 0 Å². The minimum absolute atomic E-state index is 0.247. The summed E-state index contributed by atoms with van der Waals surface area (Å²) in [5, 5.41) is 0. The van der Waals surface area contributed by atoms with E-state index >= 15 is 0 Å². The van der Waals surface area contributed by atoms with Gasteiger partial charge in [-0.25, -0.2) is 0 Å². The second kappa shape index (κ2) is 6.96. The molecule has 0 saturated carbocycles. The van der Waals surface area contributed by atoms with Crippen LogP contribution in [0.25, 0.3) is 0 Å². The molecule has 0 radical (unpaired) electrons. The lowest BCUT2D eigenvalue weighted by Gasteiger charge is -2.23. The molecule has 0 atom stereocenters. The molecule has 0 unspecified atom stereocenters. The third kappa shape index (κ3) is 4.00. The van der Waals surface area contributed by atoms with Crippen molar-refractivity contribution in [2.45, 2.75) is 13.3 Å². The van der Waals surface area contributed by atoms with Gasteiger partial charge in [0.25, 0.3) is 0 Å². The molecule has 0 spiro atoms. The van der Waals surface area contributed by atoms with Gasteiger partial charge in [-0.1, -0.05) is 19.1 Å². The van der Waals surface area contributed by atoms with E-state index < -0.39 is 0 Å². The first kappa shape index (κ1) is 14.4. The molecule has 0 aromatic heterocycles. The number of nitrogens with zero attached hydrogens (tertiary/aromatic N) is 1. The smallest absolute Gasteiger partial charge is 0.325 e. The van der Waals surface area contributed by atoms with E-state index in [2.05, 4.69) is 11.7 Å². The van der Waals surface area contributed by atoms with E-state index in [1.165, 1.54) is 7.11 Å². The Labute approximate surface area is 113 Å². The molecule has 1 aromatic rings. The molecule has 0 aliphatic heterocycles. The Bertz CT molecular complexity index is 418. The van der Waals surface area contributed by atoms with Crippen molar-refractivity contribution in [3.05, 3.63) is 29.8 Å². The molecule has 0 aliphatic rings. The van der Waals surface area contributed by atoms with Gasteiger partial charge in [-0.3, -0.25) is 4.79 Å². The van der Waals surface area contributed by atoms with Crippen LogP contribution < -0.4 is 10.6 Å². The highest BCUT2D eigenvalue weighted by molar-refractivity contribution is 7.80. The fourth-order valence-electron chi connectivity index (χ4n) is 1.63. The number of esters is 1. The zero-order chi connectivity index (χ0) is 13.5. The van der Waals surface area contributed by atoms with Crippen LogP contribution in [0.5, 0.6) is 0 Å². The van der Waals surface area contributed by atoms with Crippen LogP contribution in [0.15, 0.2) is 24.3 Å². The Morgan fingerprint density at radius 2 is 2.00 bits per heavy atom. The average Bonchev–Trinajstić information content (AvgIpc) is 2.38. The first-order valence-corrected chi connectivity index (χ1v) is 6.21. The van der Waals surface area contributed by atoms with Crippen molar-refractivity contribution in [3.63, 3.8) is 0 Å². The highest BCUT2D eigenvalue weighted by atomic mass is 32.1. The third-order valence-corrected chi connectivity index (χ3v) is 2.79. The molecule has 18 heavy (non-hydrogen) atoms. The molecular weight excluding hydrogens is 248 g/mol. The van der Waals surface area contributed by atoms with Crippen LogP contribution in [0.2, 0.25) is 0 Å². The predicted molar refractivity (Wildman–Crippen MR) is 76.8 cm³/mol. The van der Waals surface area contributed by atoms with Gasteiger partial charge in [-0.2, -0.15) is 0 Å². The summed E-state index contributed by atoms with van der Waals surface area (Å²) in [4.78, 5) is 13.7. The molecule has 0 heterocycles. The van der Waals surface area contributed by atoms with Crippen LogP contribution in [0.3, 0.4) is 0 Å². The number of nitrogens with two attached hydrogens (primary N) is 1. The van der Waals surface area contributed by atoms with Crippen molar-refractivity contribution in [1.82, 2.24) is 0 Å². The molecule has 0 bridgehead atoms. The van der Waals surface area contributed by atoms with Crippen molar-refractivity contribution in [2.24, 2.45) is 5.73 Å². The highest BCUT2D eigenvalue weighted by Gasteiger charge is 2.11. The summed E-state index contributed by atoms with van der Waals surface area (Å²) in [7, 11) is 1.39. The third-order valence-electron chi connectivity index (χ3n) is 2.56. The number of benzene rings is 1. The fourth-order valence-corrected chi connectivity index (χ4v) is 1.76. The predicted octanol–water partition coefficient (Wildman–Crippen LogP) is 1.71. The van der Waals surface area contributed by atoms with Gasteiger partial charge in [0.2, 0.25) is 0 Å². The van der Waals surface area contributed by atoms with E-state index in [4.69, 9.17) is 18.0 Å². The molecular formula is C13H18N2O2S. The summed E-state index contributed by atoms with van der Waals surface area (Å²) in [5.41, 5.74) is 7.33. The van der Waals surface area contributed by atoms with Crippen LogP contribution in [-0.2, 0) is 9.53 Å². The van der Waals surface area contributed by atoms with Gasteiger partial charge >= 0.3 is 5.97 Å². The fraction of sp³-hybridized carbons (Fsp3) is 0.385. The summed E-state index contributed by atoms with van der Waals surface area (Å²) in [5.74, 6) is -0.248. The van der Waals surface area contributed by atoms with Crippen molar-refractivity contribution < 1.29 is 9.53 Å². The van der Waals surface area contributed by atoms with Crippen LogP contribution in [0.4, 0.5) is 5.69 Å². The number of carbonyl (C=O) groups is 1. The zero-order valence-electron chi connectivity index (χ0n) is 10.7. The van der Waals surface area contributed by atoms with E-state index in [0.29, 0.717) is 4.99 Å². The summed E-state index contributed by atoms with van der Waals surface area (Å²) < 4.78 is 4.69. The maximum absolute atomic E-state index is 11.3. The normalized spacial score (nSPS) is 9.89. The zero-order valence-corrected chi connectivity index (χ0v) is 11.5. The molecule has 1 aromatic carbocycles. The van der Waals surface area contributed by atoms with Crippen LogP contribution in [0.1, 0.15) is 18.9 Å². The van der Waals surface area contributed by atoms with Gasteiger partial charge in [0.05, 0.1) is 7.11 Å². The van der Waals surface area contributed by atoms with Gasteiger partial charge in [0, 0.05) is 17.8 Å². The first-order valence-electron chi connectivity index (χ1n) is 5.80. The van der Waals surface area contributed by atoms with E-state index in [9.17, 15) is 4.79 Å². The molecule has 0 aliphatic carbocycles. The number of methoxy groups -OCH3 is 1. The molecule has 98 valence electrons. The Hall–Kier alpha value is -1.62. The van der Waals surface area contributed by atoms with Gasteiger partial charge in [0.1, 0.15) is 11.5 Å². The lowest BCUT2D eigenvalue weighted by Crippen LogP contribution is -2.31. The van der Waals surface area contributed by atoms with E-state index in [0.717, 1.165) is 24.2 Å². The molecule has 0 fully saturated rings. The van der Waals surface area contributed by atoms with Crippen LogP contribution in [-0.4, -0.2) is 31.2 Å². The molecule has 5 heteroatoms. The number of carbonyl (C=O) groups excluding carboxylic acids is 1.